The first-order valence-electron chi connectivity index (χ1n) is 5.55. The zero-order chi connectivity index (χ0) is 11.1. The molecular formula is C11H18BNO2. The van der Waals surface area contributed by atoms with E-state index in [1.807, 2.05) is 6.07 Å². The lowest BCUT2D eigenvalue weighted by atomic mass is 9.81. The number of rotatable bonds is 6. The van der Waals surface area contributed by atoms with E-state index in [0.29, 0.717) is 5.46 Å². The number of hydrogen-bond donors (Lipinski definition) is 2. The molecule has 0 aliphatic carbocycles. The SMILES string of the molecule is CCCCCCc1ccc(B(O)O)cn1. The first kappa shape index (κ1) is 12.2. The summed E-state index contributed by atoms with van der Waals surface area (Å²) in [5.41, 5.74) is 1.47. The van der Waals surface area contributed by atoms with Gasteiger partial charge in [0.05, 0.1) is 0 Å². The topological polar surface area (TPSA) is 53.4 Å². The Morgan fingerprint density at radius 2 is 2.00 bits per heavy atom. The Balaban J connectivity index is 2.36. The monoisotopic (exact) mass is 207 g/mol. The summed E-state index contributed by atoms with van der Waals surface area (Å²) in [6, 6.07) is 3.58. The van der Waals surface area contributed by atoms with Crippen LogP contribution in [-0.4, -0.2) is 22.2 Å². The molecule has 0 atom stereocenters. The Labute approximate surface area is 91.3 Å². The highest BCUT2D eigenvalue weighted by Crippen LogP contribution is 2.04. The van der Waals surface area contributed by atoms with Crippen molar-refractivity contribution in [1.29, 1.82) is 0 Å². The molecule has 82 valence electrons. The molecule has 1 heterocycles. The van der Waals surface area contributed by atoms with Crippen molar-refractivity contribution in [2.24, 2.45) is 0 Å². The van der Waals surface area contributed by atoms with Crippen LogP contribution >= 0.6 is 0 Å². The lowest BCUT2D eigenvalue weighted by Crippen LogP contribution is -2.30. The van der Waals surface area contributed by atoms with Crippen LogP contribution in [0.15, 0.2) is 18.3 Å². The summed E-state index contributed by atoms with van der Waals surface area (Å²) in [7, 11) is -1.41. The minimum absolute atomic E-state index is 0.451. The third-order valence-electron chi connectivity index (χ3n) is 2.43. The molecule has 0 aliphatic rings. The summed E-state index contributed by atoms with van der Waals surface area (Å²) < 4.78 is 0. The summed E-state index contributed by atoms with van der Waals surface area (Å²) in [4.78, 5) is 4.18. The van der Waals surface area contributed by atoms with Crippen LogP contribution in [0.4, 0.5) is 0 Å². The Morgan fingerprint density at radius 3 is 2.53 bits per heavy atom. The van der Waals surface area contributed by atoms with E-state index in [0.717, 1.165) is 18.5 Å². The highest BCUT2D eigenvalue weighted by molar-refractivity contribution is 6.58. The van der Waals surface area contributed by atoms with E-state index in [2.05, 4.69) is 11.9 Å². The van der Waals surface area contributed by atoms with Gasteiger partial charge in [-0.1, -0.05) is 32.3 Å². The van der Waals surface area contributed by atoms with E-state index in [1.54, 1.807) is 6.07 Å². The van der Waals surface area contributed by atoms with Crippen LogP contribution < -0.4 is 5.46 Å². The van der Waals surface area contributed by atoms with Crippen molar-refractivity contribution in [2.45, 2.75) is 39.0 Å². The molecule has 0 aliphatic heterocycles. The normalized spacial score (nSPS) is 10.3. The van der Waals surface area contributed by atoms with Crippen LogP contribution in [0, 0.1) is 0 Å². The minimum Gasteiger partial charge on any atom is -0.423 e. The number of nitrogens with zero attached hydrogens (tertiary/aromatic N) is 1. The Kier molecular flexibility index (Phi) is 5.36. The van der Waals surface area contributed by atoms with Crippen LogP contribution in [0.25, 0.3) is 0 Å². The van der Waals surface area contributed by atoms with Crippen LogP contribution in [0.1, 0.15) is 38.3 Å². The zero-order valence-electron chi connectivity index (χ0n) is 9.19. The molecule has 0 amide bonds. The van der Waals surface area contributed by atoms with Gasteiger partial charge in [0.1, 0.15) is 0 Å². The van der Waals surface area contributed by atoms with Crippen LogP contribution in [0.2, 0.25) is 0 Å². The summed E-state index contributed by atoms with van der Waals surface area (Å²) in [5.74, 6) is 0. The van der Waals surface area contributed by atoms with Gasteiger partial charge in [-0.15, -0.1) is 0 Å². The Bertz CT molecular complexity index is 274. The fraction of sp³-hybridized carbons (Fsp3) is 0.545. The molecule has 2 N–H and O–H groups in total. The average Bonchev–Trinajstić information content (AvgIpc) is 2.25. The van der Waals surface area contributed by atoms with Crippen molar-refractivity contribution in [1.82, 2.24) is 4.98 Å². The smallest absolute Gasteiger partial charge is 0.423 e. The lowest BCUT2D eigenvalue weighted by Gasteiger charge is -2.02. The largest absolute Gasteiger partial charge is 0.490 e. The molecule has 0 saturated carbocycles. The van der Waals surface area contributed by atoms with Gasteiger partial charge in [-0.2, -0.15) is 0 Å². The fourth-order valence-electron chi connectivity index (χ4n) is 1.47. The lowest BCUT2D eigenvalue weighted by molar-refractivity contribution is 0.425. The second kappa shape index (κ2) is 6.59. The van der Waals surface area contributed by atoms with Crippen molar-refractivity contribution in [2.75, 3.05) is 0 Å². The molecule has 0 unspecified atom stereocenters. The van der Waals surface area contributed by atoms with Crippen molar-refractivity contribution >= 4 is 12.6 Å². The van der Waals surface area contributed by atoms with Gasteiger partial charge in [0.25, 0.3) is 0 Å². The quantitative estimate of drug-likeness (QED) is 0.537. The highest BCUT2D eigenvalue weighted by atomic mass is 16.4. The maximum Gasteiger partial charge on any atom is 0.490 e. The summed E-state index contributed by atoms with van der Waals surface area (Å²) >= 11 is 0. The highest BCUT2D eigenvalue weighted by Gasteiger charge is 2.10. The van der Waals surface area contributed by atoms with Crippen molar-refractivity contribution in [3.8, 4) is 0 Å². The van der Waals surface area contributed by atoms with Gasteiger partial charge in [-0.3, -0.25) is 4.98 Å². The molecule has 0 saturated heterocycles. The third-order valence-corrected chi connectivity index (χ3v) is 2.43. The molecule has 1 aromatic rings. The zero-order valence-corrected chi connectivity index (χ0v) is 9.19. The summed E-state index contributed by atoms with van der Waals surface area (Å²) in [6.45, 7) is 2.19. The van der Waals surface area contributed by atoms with Crippen molar-refractivity contribution in [3.63, 3.8) is 0 Å². The van der Waals surface area contributed by atoms with Crippen molar-refractivity contribution in [3.05, 3.63) is 24.0 Å². The second-order valence-corrected chi connectivity index (χ2v) is 3.77. The molecular weight excluding hydrogens is 189 g/mol. The Morgan fingerprint density at radius 1 is 1.20 bits per heavy atom. The van der Waals surface area contributed by atoms with Crippen molar-refractivity contribution < 1.29 is 10.0 Å². The predicted molar refractivity (Wildman–Crippen MR) is 61.9 cm³/mol. The van der Waals surface area contributed by atoms with E-state index in [1.165, 1.54) is 25.5 Å². The molecule has 0 aromatic carbocycles. The van der Waals surface area contributed by atoms with Crippen LogP contribution in [0.3, 0.4) is 0 Å². The van der Waals surface area contributed by atoms with Gasteiger partial charge in [0.15, 0.2) is 0 Å². The van der Waals surface area contributed by atoms with Gasteiger partial charge < -0.3 is 10.0 Å². The van der Waals surface area contributed by atoms with Gasteiger partial charge in [-0.25, -0.2) is 0 Å². The van der Waals surface area contributed by atoms with Gasteiger partial charge in [0.2, 0.25) is 0 Å². The third kappa shape index (κ3) is 4.45. The fourth-order valence-corrected chi connectivity index (χ4v) is 1.47. The molecule has 4 heteroatoms. The van der Waals surface area contributed by atoms with Gasteiger partial charge >= 0.3 is 7.12 Å². The maximum atomic E-state index is 8.88. The number of pyridine rings is 1. The summed E-state index contributed by atoms with van der Waals surface area (Å²) in [6.07, 6.45) is 7.41. The molecule has 15 heavy (non-hydrogen) atoms. The second-order valence-electron chi connectivity index (χ2n) is 3.77. The van der Waals surface area contributed by atoms with E-state index >= 15 is 0 Å². The number of aryl methyl sites for hydroxylation is 1. The number of aromatic nitrogens is 1. The van der Waals surface area contributed by atoms with Crippen LogP contribution in [-0.2, 0) is 6.42 Å². The molecule has 0 fully saturated rings. The van der Waals surface area contributed by atoms with E-state index in [-0.39, 0.29) is 0 Å². The molecule has 0 bridgehead atoms. The van der Waals surface area contributed by atoms with E-state index in [4.69, 9.17) is 10.0 Å². The van der Waals surface area contributed by atoms with Gasteiger partial charge in [0, 0.05) is 17.4 Å². The average molecular weight is 207 g/mol. The Hall–Kier alpha value is -0.865. The summed E-state index contributed by atoms with van der Waals surface area (Å²) in [5, 5.41) is 17.8. The first-order valence-corrected chi connectivity index (χ1v) is 5.55. The number of hydrogen-bond acceptors (Lipinski definition) is 3. The number of unbranched alkanes of at least 4 members (excludes halogenated alkanes) is 3. The standard InChI is InChI=1S/C11H18BNO2/c1-2-3-4-5-6-11-8-7-10(9-13-11)12(14)15/h7-9,14-15H,2-6H2,1H3. The molecule has 0 radical (unpaired) electrons. The van der Waals surface area contributed by atoms with Crippen LogP contribution in [0.5, 0.6) is 0 Å². The minimum atomic E-state index is -1.41. The van der Waals surface area contributed by atoms with E-state index in [9.17, 15) is 0 Å². The molecule has 0 spiro atoms. The first-order chi connectivity index (χ1) is 7.24. The molecule has 1 aromatic heterocycles. The predicted octanol–water partition coefficient (Wildman–Crippen LogP) is 0.884. The van der Waals surface area contributed by atoms with Gasteiger partial charge in [-0.05, 0) is 18.9 Å². The maximum absolute atomic E-state index is 8.88. The van der Waals surface area contributed by atoms with E-state index < -0.39 is 7.12 Å². The molecule has 1 rings (SSSR count). The molecule has 3 nitrogen and oxygen atoms in total.